The van der Waals surface area contributed by atoms with Gasteiger partial charge in [-0.05, 0) is 37.3 Å². The van der Waals surface area contributed by atoms with E-state index in [0.717, 1.165) is 25.7 Å². The van der Waals surface area contributed by atoms with Gasteiger partial charge in [-0.25, -0.2) is 9.59 Å². The van der Waals surface area contributed by atoms with Gasteiger partial charge >= 0.3 is 12.0 Å². The number of thiophene rings is 1. The molecule has 1 aromatic carbocycles. The summed E-state index contributed by atoms with van der Waals surface area (Å²) in [5, 5.41) is 4.48. The summed E-state index contributed by atoms with van der Waals surface area (Å²) in [6.45, 7) is 0. The Morgan fingerprint density at radius 1 is 1.12 bits per heavy atom. The van der Waals surface area contributed by atoms with Crippen LogP contribution in [0.15, 0.2) is 36.4 Å². The Morgan fingerprint density at radius 2 is 1.85 bits per heavy atom. The van der Waals surface area contributed by atoms with Crippen LogP contribution in [0.1, 0.15) is 44.6 Å². The molecule has 26 heavy (non-hydrogen) atoms. The van der Waals surface area contributed by atoms with Crippen molar-refractivity contribution in [1.82, 2.24) is 10.6 Å². The van der Waals surface area contributed by atoms with Gasteiger partial charge in [0.1, 0.15) is 4.88 Å². The van der Waals surface area contributed by atoms with Gasteiger partial charge in [0, 0.05) is 17.5 Å². The zero-order chi connectivity index (χ0) is 18.5. The maximum atomic E-state index is 12.6. The lowest BCUT2D eigenvalue weighted by atomic mass is 9.99. The quantitative estimate of drug-likeness (QED) is 0.808. The summed E-state index contributed by atoms with van der Waals surface area (Å²) in [5.41, 5.74) is 1.70. The smallest absolute Gasteiger partial charge is 0.349 e. The number of nitrogens with one attached hydrogen (secondary N) is 2. The summed E-state index contributed by atoms with van der Waals surface area (Å²) in [4.78, 5) is 38.2. The van der Waals surface area contributed by atoms with Crippen LogP contribution in [0, 0.1) is 0 Å². The van der Waals surface area contributed by atoms with Crippen LogP contribution in [-0.2, 0) is 22.4 Å². The number of carbonyl (C=O) groups is 3. The number of carbonyl (C=O) groups excluding carboxylic acids is 3. The largest absolute Gasteiger partial charge is 0.443 e. The van der Waals surface area contributed by atoms with Crippen molar-refractivity contribution in [3.63, 3.8) is 0 Å². The molecule has 7 heteroatoms. The van der Waals surface area contributed by atoms with Gasteiger partial charge in [0.2, 0.25) is 6.10 Å². The second-order valence-corrected chi connectivity index (χ2v) is 7.17. The van der Waals surface area contributed by atoms with E-state index < -0.39 is 24.0 Å². The molecule has 136 valence electrons. The van der Waals surface area contributed by atoms with Crippen LogP contribution < -0.4 is 10.6 Å². The van der Waals surface area contributed by atoms with Crippen LogP contribution in [0.3, 0.4) is 0 Å². The van der Waals surface area contributed by atoms with E-state index in [2.05, 4.69) is 10.6 Å². The lowest BCUT2D eigenvalue weighted by Crippen LogP contribution is -2.41. The van der Waals surface area contributed by atoms with Gasteiger partial charge in [-0.3, -0.25) is 10.1 Å². The molecule has 0 radical (unpaired) electrons. The molecule has 2 N–H and O–H groups in total. The molecule has 0 fully saturated rings. The second kappa shape index (κ2) is 8.14. The molecule has 1 heterocycles. The molecule has 6 nitrogen and oxygen atoms in total. The Hall–Kier alpha value is -2.67. The van der Waals surface area contributed by atoms with Crippen LogP contribution in [0.5, 0.6) is 0 Å². The lowest BCUT2D eigenvalue weighted by molar-refractivity contribution is -0.129. The van der Waals surface area contributed by atoms with Gasteiger partial charge in [-0.2, -0.15) is 0 Å². The topological polar surface area (TPSA) is 84.5 Å². The van der Waals surface area contributed by atoms with Gasteiger partial charge in [-0.15, -0.1) is 11.3 Å². The summed E-state index contributed by atoms with van der Waals surface area (Å²) < 4.78 is 5.49. The predicted molar refractivity (Wildman–Crippen MR) is 98.2 cm³/mol. The van der Waals surface area contributed by atoms with E-state index in [-0.39, 0.29) is 0 Å². The number of amides is 3. The monoisotopic (exact) mass is 372 g/mol. The van der Waals surface area contributed by atoms with E-state index in [1.165, 1.54) is 28.8 Å². The molecule has 2 aromatic rings. The molecule has 0 saturated carbocycles. The molecule has 0 aliphatic heterocycles. The highest BCUT2D eigenvalue weighted by molar-refractivity contribution is 7.14. The average molecular weight is 372 g/mol. The van der Waals surface area contributed by atoms with E-state index in [1.54, 1.807) is 30.3 Å². The first-order chi connectivity index (χ1) is 12.6. The van der Waals surface area contributed by atoms with Gasteiger partial charge in [0.15, 0.2) is 0 Å². The third-order valence-electron chi connectivity index (χ3n) is 4.23. The summed E-state index contributed by atoms with van der Waals surface area (Å²) in [6, 6.07) is 9.85. The Bertz CT molecular complexity index is 793. The van der Waals surface area contributed by atoms with Crippen LogP contribution in [0.2, 0.25) is 0 Å². The fraction of sp³-hybridized carbons (Fsp3) is 0.316. The second-order valence-electron chi connectivity index (χ2n) is 6.03. The van der Waals surface area contributed by atoms with Gasteiger partial charge in [-0.1, -0.05) is 30.3 Å². The standard InChI is InChI=1S/C19H20N2O4S/c1-20-19(24)21-17(22)16(12-7-3-2-4-8-12)25-18(23)15-11-13-9-5-6-10-14(13)26-15/h2-4,7-8,11,16H,5-6,9-10H2,1H3,(H2,20,21,22,24)/t16-/m0/s1. The van der Waals surface area contributed by atoms with Crippen LogP contribution >= 0.6 is 11.3 Å². The van der Waals surface area contributed by atoms with E-state index >= 15 is 0 Å². The SMILES string of the molecule is CNC(=O)NC(=O)[C@@H](OC(=O)c1cc2c(s1)CCCC2)c1ccccc1. The van der Waals surface area contributed by atoms with Crippen molar-refractivity contribution < 1.29 is 19.1 Å². The summed E-state index contributed by atoms with van der Waals surface area (Å²) in [5.74, 6) is -1.24. The zero-order valence-corrected chi connectivity index (χ0v) is 15.2. The number of imide groups is 1. The third kappa shape index (κ3) is 4.11. The van der Waals surface area contributed by atoms with Gasteiger partial charge < -0.3 is 10.1 Å². The van der Waals surface area contributed by atoms with Crippen molar-refractivity contribution >= 4 is 29.2 Å². The molecule has 0 bridgehead atoms. The number of urea groups is 1. The van der Waals surface area contributed by atoms with E-state index in [0.29, 0.717) is 10.4 Å². The Kier molecular flexibility index (Phi) is 5.68. The lowest BCUT2D eigenvalue weighted by Gasteiger charge is -2.17. The molecule has 1 aliphatic rings. The fourth-order valence-corrected chi connectivity index (χ4v) is 4.03. The molecule has 0 unspecified atom stereocenters. The number of hydrogen-bond acceptors (Lipinski definition) is 5. The van der Waals surface area contributed by atoms with Crippen molar-refractivity contribution in [3.8, 4) is 0 Å². The van der Waals surface area contributed by atoms with E-state index in [9.17, 15) is 14.4 Å². The van der Waals surface area contributed by atoms with E-state index in [4.69, 9.17) is 4.74 Å². The maximum Gasteiger partial charge on any atom is 0.349 e. The predicted octanol–water partition coefficient (Wildman–Crippen LogP) is 2.98. The molecule has 0 saturated heterocycles. The molecule has 1 aromatic heterocycles. The third-order valence-corrected chi connectivity index (χ3v) is 5.44. The van der Waals surface area contributed by atoms with Gasteiger partial charge in [0.25, 0.3) is 5.91 Å². The molecule has 0 spiro atoms. The van der Waals surface area contributed by atoms with Crippen molar-refractivity contribution in [2.45, 2.75) is 31.8 Å². The van der Waals surface area contributed by atoms with Crippen molar-refractivity contribution in [3.05, 3.63) is 57.3 Å². The highest BCUT2D eigenvalue weighted by atomic mass is 32.1. The zero-order valence-electron chi connectivity index (χ0n) is 14.4. The number of ether oxygens (including phenoxy) is 1. The number of benzene rings is 1. The summed E-state index contributed by atoms with van der Waals surface area (Å²) in [7, 11) is 1.41. The molecular formula is C19H20N2O4S. The first kappa shape index (κ1) is 18.1. The normalized spacial score (nSPS) is 14.0. The molecule has 1 atom stereocenters. The Balaban J connectivity index is 1.80. The van der Waals surface area contributed by atoms with Crippen LogP contribution in [0.25, 0.3) is 0 Å². The minimum Gasteiger partial charge on any atom is -0.443 e. The molecule has 3 amide bonds. The molecule has 1 aliphatic carbocycles. The highest BCUT2D eigenvalue weighted by Gasteiger charge is 2.28. The molecule has 3 rings (SSSR count). The first-order valence-electron chi connectivity index (χ1n) is 8.48. The highest BCUT2D eigenvalue weighted by Crippen LogP contribution is 2.31. The number of esters is 1. The molecular weight excluding hydrogens is 352 g/mol. The Morgan fingerprint density at radius 3 is 2.54 bits per heavy atom. The minimum atomic E-state index is -1.19. The average Bonchev–Trinajstić information content (AvgIpc) is 3.10. The van der Waals surface area contributed by atoms with Crippen molar-refractivity contribution in [1.29, 1.82) is 0 Å². The van der Waals surface area contributed by atoms with Crippen molar-refractivity contribution in [2.75, 3.05) is 7.05 Å². The van der Waals surface area contributed by atoms with Crippen LogP contribution in [-0.4, -0.2) is 25.0 Å². The first-order valence-corrected chi connectivity index (χ1v) is 9.30. The Labute approximate surface area is 155 Å². The van der Waals surface area contributed by atoms with E-state index in [1.807, 2.05) is 6.07 Å². The minimum absolute atomic E-state index is 0.491. The van der Waals surface area contributed by atoms with Gasteiger partial charge in [0.05, 0.1) is 0 Å². The summed E-state index contributed by atoms with van der Waals surface area (Å²) in [6.07, 6.45) is 3.01. The maximum absolute atomic E-state index is 12.6. The fourth-order valence-electron chi connectivity index (χ4n) is 2.90. The van der Waals surface area contributed by atoms with Crippen LogP contribution in [0.4, 0.5) is 4.79 Å². The number of aryl methyl sites for hydroxylation is 2. The number of fused-ring (bicyclic) bond motifs is 1. The van der Waals surface area contributed by atoms with Crippen molar-refractivity contribution in [2.24, 2.45) is 0 Å². The number of hydrogen-bond donors (Lipinski definition) is 2. The summed E-state index contributed by atoms with van der Waals surface area (Å²) >= 11 is 1.43. The number of rotatable bonds is 4.